The molecule has 0 unspecified atom stereocenters. The summed E-state index contributed by atoms with van der Waals surface area (Å²) in [5.41, 5.74) is 1.86. The van der Waals surface area contributed by atoms with E-state index in [1.807, 2.05) is 0 Å². The normalized spacial score (nSPS) is 11.0. The van der Waals surface area contributed by atoms with E-state index >= 15 is 0 Å². The minimum Gasteiger partial charge on any atom is -0.348 e. The molecule has 0 saturated carbocycles. The van der Waals surface area contributed by atoms with Crippen molar-refractivity contribution in [2.45, 2.75) is 6.54 Å². The minimum atomic E-state index is -0.529. The summed E-state index contributed by atoms with van der Waals surface area (Å²) < 4.78 is 41.2. The lowest BCUT2D eigenvalue weighted by atomic mass is 10.0. The maximum atomic E-state index is 14.4. The lowest BCUT2D eigenvalue weighted by molar-refractivity contribution is 0.0950. The second-order valence-electron chi connectivity index (χ2n) is 6.26. The van der Waals surface area contributed by atoms with Crippen LogP contribution in [0.5, 0.6) is 0 Å². The molecule has 0 aliphatic heterocycles. The molecular weight excluding hydrogens is 367 g/mol. The minimum absolute atomic E-state index is 0.0924. The van der Waals surface area contributed by atoms with Gasteiger partial charge in [0.2, 0.25) is 0 Å². The summed E-state index contributed by atoms with van der Waals surface area (Å²) in [5, 5.41) is 10.1. The lowest BCUT2D eigenvalue weighted by Gasteiger charge is -2.07. The molecule has 0 bridgehead atoms. The zero-order chi connectivity index (χ0) is 19.7. The molecule has 0 aliphatic carbocycles. The highest BCUT2D eigenvalue weighted by Crippen LogP contribution is 2.28. The lowest BCUT2D eigenvalue weighted by Crippen LogP contribution is -2.23. The van der Waals surface area contributed by atoms with Crippen LogP contribution in [0.3, 0.4) is 0 Å². The summed E-state index contributed by atoms with van der Waals surface area (Å²) in [6.45, 7) is -0.0924. The summed E-state index contributed by atoms with van der Waals surface area (Å²) in [6.07, 6.45) is 0. The van der Waals surface area contributed by atoms with Crippen molar-refractivity contribution in [1.82, 2.24) is 15.5 Å². The van der Waals surface area contributed by atoms with Crippen molar-refractivity contribution in [2.24, 2.45) is 0 Å². The average molecular weight is 381 g/mol. The number of benzene rings is 3. The Balaban J connectivity index is 1.63. The first-order valence-electron chi connectivity index (χ1n) is 8.47. The van der Waals surface area contributed by atoms with Crippen LogP contribution in [0.1, 0.15) is 15.9 Å². The second kappa shape index (κ2) is 7.19. The Morgan fingerprint density at radius 2 is 1.71 bits per heavy atom. The number of hydrogen-bond donors (Lipinski definition) is 2. The number of halogens is 3. The van der Waals surface area contributed by atoms with Crippen molar-refractivity contribution >= 4 is 16.8 Å². The van der Waals surface area contributed by atoms with Crippen molar-refractivity contribution in [3.8, 4) is 11.3 Å². The summed E-state index contributed by atoms with van der Waals surface area (Å²) >= 11 is 0. The quantitative estimate of drug-likeness (QED) is 0.544. The predicted octanol–water partition coefficient (Wildman–Crippen LogP) is 4.58. The molecule has 0 radical (unpaired) electrons. The van der Waals surface area contributed by atoms with Crippen LogP contribution in [-0.2, 0) is 6.54 Å². The molecule has 3 aromatic carbocycles. The fourth-order valence-electron chi connectivity index (χ4n) is 2.98. The third-order valence-electron chi connectivity index (χ3n) is 4.35. The van der Waals surface area contributed by atoms with Crippen LogP contribution in [-0.4, -0.2) is 16.1 Å². The van der Waals surface area contributed by atoms with E-state index in [4.69, 9.17) is 0 Å². The van der Waals surface area contributed by atoms with Crippen molar-refractivity contribution in [3.63, 3.8) is 0 Å². The fourth-order valence-corrected chi connectivity index (χ4v) is 2.98. The predicted molar refractivity (Wildman–Crippen MR) is 99.0 cm³/mol. The summed E-state index contributed by atoms with van der Waals surface area (Å²) in [5.74, 6) is -1.98. The van der Waals surface area contributed by atoms with Gasteiger partial charge in [-0.05, 0) is 42.5 Å². The van der Waals surface area contributed by atoms with Crippen LogP contribution >= 0.6 is 0 Å². The standard InChI is InChI=1S/C21H14F3N3O/c22-15-5-1-3-12(7-15)20-17-9-14(18(24)10-19(17)26-27-20)11-25-21(28)13-4-2-6-16(23)8-13/h1-10H,11H2,(H,25,28)(H,26,27). The molecule has 4 rings (SSSR count). The summed E-state index contributed by atoms with van der Waals surface area (Å²) in [6, 6.07) is 14.0. The van der Waals surface area contributed by atoms with Gasteiger partial charge in [-0.2, -0.15) is 5.10 Å². The van der Waals surface area contributed by atoms with Crippen LogP contribution in [0.25, 0.3) is 22.2 Å². The maximum absolute atomic E-state index is 14.4. The molecule has 1 amide bonds. The van der Waals surface area contributed by atoms with Crippen molar-refractivity contribution in [1.29, 1.82) is 0 Å². The highest BCUT2D eigenvalue weighted by molar-refractivity contribution is 5.95. The van der Waals surface area contributed by atoms with Gasteiger partial charge in [-0.25, -0.2) is 13.2 Å². The molecule has 1 heterocycles. The van der Waals surface area contributed by atoms with Gasteiger partial charge in [-0.1, -0.05) is 18.2 Å². The van der Waals surface area contributed by atoms with Crippen LogP contribution in [0.15, 0.2) is 60.7 Å². The van der Waals surface area contributed by atoms with Crippen molar-refractivity contribution < 1.29 is 18.0 Å². The van der Waals surface area contributed by atoms with Crippen molar-refractivity contribution in [3.05, 3.63) is 89.2 Å². The zero-order valence-corrected chi connectivity index (χ0v) is 14.5. The molecule has 0 saturated heterocycles. The topological polar surface area (TPSA) is 57.8 Å². The molecule has 4 nitrogen and oxygen atoms in total. The van der Waals surface area contributed by atoms with E-state index in [9.17, 15) is 18.0 Å². The fraction of sp³-hybridized carbons (Fsp3) is 0.0476. The zero-order valence-electron chi connectivity index (χ0n) is 14.5. The summed E-state index contributed by atoms with van der Waals surface area (Å²) in [7, 11) is 0. The van der Waals surface area contributed by atoms with Gasteiger partial charge in [0.1, 0.15) is 23.1 Å². The number of aromatic amines is 1. The number of aromatic nitrogens is 2. The molecule has 140 valence electrons. The number of H-pyrrole nitrogens is 1. The van der Waals surface area contributed by atoms with Gasteiger partial charge in [0, 0.05) is 28.6 Å². The van der Waals surface area contributed by atoms with Gasteiger partial charge in [-0.3, -0.25) is 9.89 Å². The van der Waals surface area contributed by atoms with Gasteiger partial charge in [-0.15, -0.1) is 0 Å². The van der Waals surface area contributed by atoms with E-state index in [0.29, 0.717) is 22.2 Å². The Labute approximate surface area is 158 Å². The van der Waals surface area contributed by atoms with Crippen LogP contribution < -0.4 is 5.32 Å². The smallest absolute Gasteiger partial charge is 0.251 e. The Morgan fingerprint density at radius 3 is 2.46 bits per heavy atom. The molecule has 0 atom stereocenters. The van der Waals surface area contributed by atoms with Gasteiger partial charge < -0.3 is 5.32 Å². The first kappa shape index (κ1) is 17.8. The molecule has 2 N–H and O–H groups in total. The molecular formula is C21H14F3N3O. The molecule has 0 fully saturated rings. The second-order valence-corrected chi connectivity index (χ2v) is 6.26. The van der Waals surface area contributed by atoms with E-state index in [1.54, 1.807) is 18.2 Å². The van der Waals surface area contributed by atoms with E-state index in [-0.39, 0.29) is 17.7 Å². The maximum Gasteiger partial charge on any atom is 0.251 e. The highest BCUT2D eigenvalue weighted by Gasteiger charge is 2.14. The molecule has 1 aromatic heterocycles. The average Bonchev–Trinajstić information content (AvgIpc) is 3.08. The third kappa shape index (κ3) is 3.46. The Hall–Kier alpha value is -3.61. The van der Waals surface area contributed by atoms with Gasteiger partial charge in [0.05, 0.1) is 5.52 Å². The third-order valence-corrected chi connectivity index (χ3v) is 4.35. The number of fused-ring (bicyclic) bond motifs is 1. The first-order valence-corrected chi connectivity index (χ1v) is 8.47. The number of rotatable bonds is 4. The monoisotopic (exact) mass is 381 g/mol. The number of hydrogen-bond acceptors (Lipinski definition) is 2. The number of amides is 1. The largest absolute Gasteiger partial charge is 0.348 e. The van der Waals surface area contributed by atoms with E-state index < -0.39 is 23.4 Å². The molecule has 4 aromatic rings. The van der Waals surface area contributed by atoms with E-state index in [1.165, 1.54) is 36.4 Å². The number of carbonyl (C=O) groups excluding carboxylic acids is 1. The molecule has 0 aliphatic rings. The first-order chi connectivity index (χ1) is 13.5. The Morgan fingerprint density at radius 1 is 0.964 bits per heavy atom. The molecule has 7 heteroatoms. The number of carbonyl (C=O) groups is 1. The van der Waals surface area contributed by atoms with Crippen LogP contribution in [0.4, 0.5) is 13.2 Å². The summed E-state index contributed by atoms with van der Waals surface area (Å²) in [4.78, 5) is 12.2. The van der Waals surface area contributed by atoms with Gasteiger partial charge in [0.25, 0.3) is 5.91 Å². The van der Waals surface area contributed by atoms with Crippen LogP contribution in [0, 0.1) is 17.5 Å². The Bertz CT molecular complexity index is 1190. The van der Waals surface area contributed by atoms with Crippen molar-refractivity contribution in [2.75, 3.05) is 0 Å². The van der Waals surface area contributed by atoms with Gasteiger partial charge in [0.15, 0.2) is 0 Å². The number of nitrogens with zero attached hydrogens (tertiary/aromatic N) is 1. The van der Waals surface area contributed by atoms with E-state index in [0.717, 1.165) is 6.07 Å². The van der Waals surface area contributed by atoms with Gasteiger partial charge >= 0.3 is 0 Å². The van der Waals surface area contributed by atoms with E-state index in [2.05, 4.69) is 15.5 Å². The molecule has 28 heavy (non-hydrogen) atoms. The SMILES string of the molecule is O=C(NCc1cc2c(-c3cccc(F)c3)n[nH]c2cc1F)c1cccc(F)c1. The highest BCUT2D eigenvalue weighted by atomic mass is 19.1. The Kier molecular flexibility index (Phi) is 4.57. The molecule has 0 spiro atoms. The number of nitrogens with one attached hydrogen (secondary N) is 2. The van der Waals surface area contributed by atoms with Crippen LogP contribution in [0.2, 0.25) is 0 Å².